The van der Waals surface area contributed by atoms with Crippen molar-refractivity contribution in [3.8, 4) is 0 Å². The molecule has 0 bridgehead atoms. The Hall–Kier alpha value is -0.890. The molecule has 1 heterocycles. The zero-order valence-corrected chi connectivity index (χ0v) is 9.76. The molecule has 0 fully saturated rings. The molecule has 78 valence electrons. The SMILES string of the molecule is Cc1ccc(C(C)(C)NC(C)C)cn1. The Balaban J connectivity index is 2.86. The zero-order valence-electron chi connectivity index (χ0n) is 9.76. The van der Waals surface area contributed by atoms with Crippen LogP contribution in [0, 0.1) is 6.92 Å². The van der Waals surface area contributed by atoms with Crippen molar-refractivity contribution in [1.82, 2.24) is 10.3 Å². The van der Waals surface area contributed by atoms with E-state index < -0.39 is 0 Å². The summed E-state index contributed by atoms with van der Waals surface area (Å²) in [7, 11) is 0. The number of pyridine rings is 1. The molecule has 0 saturated carbocycles. The van der Waals surface area contributed by atoms with Crippen molar-refractivity contribution in [3.63, 3.8) is 0 Å². The van der Waals surface area contributed by atoms with Crippen molar-refractivity contribution < 1.29 is 0 Å². The average Bonchev–Trinajstić information content (AvgIpc) is 2.02. The number of rotatable bonds is 3. The Kier molecular flexibility index (Phi) is 3.27. The lowest BCUT2D eigenvalue weighted by Crippen LogP contribution is -2.41. The van der Waals surface area contributed by atoms with Gasteiger partial charge in [0.15, 0.2) is 0 Å². The predicted octanol–water partition coefficient (Wildman–Crippen LogP) is 2.62. The van der Waals surface area contributed by atoms with E-state index in [0.717, 1.165) is 5.69 Å². The number of nitrogens with zero attached hydrogens (tertiary/aromatic N) is 1. The van der Waals surface area contributed by atoms with Crippen LogP contribution in [-0.4, -0.2) is 11.0 Å². The van der Waals surface area contributed by atoms with Gasteiger partial charge in [-0.1, -0.05) is 19.9 Å². The molecule has 0 aromatic carbocycles. The third-order valence-corrected chi connectivity index (χ3v) is 2.28. The van der Waals surface area contributed by atoms with E-state index in [1.54, 1.807) is 0 Å². The van der Waals surface area contributed by atoms with Crippen LogP contribution in [0.3, 0.4) is 0 Å². The second-order valence-corrected chi connectivity index (χ2v) is 4.61. The third kappa shape index (κ3) is 2.81. The highest BCUT2D eigenvalue weighted by Gasteiger charge is 2.20. The molecular formula is C12H20N2. The lowest BCUT2D eigenvalue weighted by Gasteiger charge is -2.29. The Morgan fingerprint density at radius 1 is 1.29 bits per heavy atom. The van der Waals surface area contributed by atoms with Crippen molar-refractivity contribution in [2.45, 2.75) is 46.2 Å². The molecule has 1 N–H and O–H groups in total. The lowest BCUT2D eigenvalue weighted by molar-refractivity contribution is 0.365. The van der Waals surface area contributed by atoms with Crippen molar-refractivity contribution >= 4 is 0 Å². The fraction of sp³-hybridized carbons (Fsp3) is 0.583. The maximum Gasteiger partial charge on any atom is 0.0394 e. The first-order chi connectivity index (χ1) is 6.42. The standard InChI is InChI=1S/C12H20N2/c1-9(2)14-12(4,5)11-7-6-10(3)13-8-11/h6-9,14H,1-5H3. The maximum absolute atomic E-state index is 4.31. The molecular weight excluding hydrogens is 172 g/mol. The molecule has 0 radical (unpaired) electrons. The Bertz CT molecular complexity index is 286. The third-order valence-electron chi connectivity index (χ3n) is 2.28. The molecule has 0 aliphatic rings. The normalized spacial score (nSPS) is 12.1. The second-order valence-electron chi connectivity index (χ2n) is 4.61. The molecule has 1 rings (SSSR count). The van der Waals surface area contributed by atoms with Crippen LogP contribution in [0.2, 0.25) is 0 Å². The summed E-state index contributed by atoms with van der Waals surface area (Å²) in [6, 6.07) is 4.67. The van der Waals surface area contributed by atoms with Crippen molar-refractivity contribution in [2.24, 2.45) is 0 Å². The Morgan fingerprint density at radius 2 is 1.93 bits per heavy atom. The topological polar surface area (TPSA) is 24.9 Å². The van der Waals surface area contributed by atoms with Crippen molar-refractivity contribution in [2.75, 3.05) is 0 Å². The first kappa shape index (κ1) is 11.2. The highest BCUT2D eigenvalue weighted by molar-refractivity contribution is 5.21. The van der Waals surface area contributed by atoms with E-state index in [-0.39, 0.29) is 5.54 Å². The molecule has 0 amide bonds. The quantitative estimate of drug-likeness (QED) is 0.796. The van der Waals surface area contributed by atoms with E-state index in [0.29, 0.717) is 6.04 Å². The van der Waals surface area contributed by atoms with Gasteiger partial charge in [-0.2, -0.15) is 0 Å². The number of hydrogen-bond donors (Lipinski definition) is 1. The molecule has 2 nitrogen and oxygen atoms in total. The monoisotopic (exact) mass is 192 g/mol. The molecule has 0 atom stereocenters. The van der Waals surface area contributed by atoms with Crippen LogP contribution in [0.15, 0.2) is 18.3 Å². The Morgan fingerprint density at radius 3 is 2.36 bits per heavy atom. The van der Waals surface area contributed by atoms with E-state index in [1.165, 1.54) is 5.56 Å². The summed E-state index contributed by atoms with van der Waals surface area (Å²) < 4.78 is 0. The predicted molar refractivity (Wildman–Crippen MR) is 60.3 cm³/mol. The van der Waals surface area contributed by atoms with Gasteiger partial charge in [-0.05, 0) is 32.4 Å². The van der Waals surface area contributed by atoms with Crippen LogP contribution in [0.1, 0.15) is 39.0 Å². The molecule has 0 saturated heterocycles. The van der Waals surface area contributed by atoms with Gasteiger partial charge < -0.3 is 5.32 Å². The smallest absolute Gasteiger partial charge is 0.0394 e. The summed E-state index contributed by atoms with van der Waals surface area (Å²) >= 11 is 0. The summed E-state index contributed by atoms with van der Waals surface area (Å²) in [5.74, 6) is 0. The van der Waals surface area contributed by atoms with Crippen molar-refractivity contribution in [3.05, 3.63) is 29.6 Å². The number of hydrogen-bond acceptors (Lipinski definition) is 2. The van der Waals surface area contributed by atoms with Gasteiger partial charge in [0.2, 0.25) is 0 Å². The van der Waals surface area contributed by atoms with Crippen LogP contribution >= 0.6 is 0 Å². The van der Waals surface area contributed by atoms with Gasteiger partial charge in [-0.25, -0.2) is 0 Å². The molecule has 14 heavy (non-hydrogen) atoms. The fourth-order valence-electron chi connectivity index (χ4n) is 1.64. The molecule has 1 aromatic heterocycles. The van der Waals surface area contributed by atoms with Crippen LogP contribution in [0.4, 0.5) is 0 Å². The average molecular weight is 192 g/mol. The molecule has 2 heteroatoms. The minimum Gasteiger partial charge on any atom is -0.306 e. The van der Waals surface area contributed by atoms with Gasteiger partial charge in [-0.3, -0.25) is 4.98 Å². The van der Waals surface area contributed by atoms with Gasteiger partial charge >= 0.3 is 0 Å². The highest BCUT2D eigenvalue weighted by Crippen LogP contribution is 2.19. The largest absolute Gasteiger partial charge is 0.306 e. The van der Waals surface area contributed by atoms with Crippen LogP contribution in [0.25, 0.3) is 0 Å². The summed E-state index contributed by atoms with van der Waals surface area (Å²) in [6.07, 6.45) is 1.95. The maximum atomic E-state index is 4.31. The van der Waals surface area contributed by atoms with Gasteiger partial charge in [0, 0.05) is 23.5 Å². The van der Waals surface area contributed by atoms with Gasteiger partial charge in [0.1, 0.15) is 0 Å². The molecule has 1 aromatic rings. The Labute approximate surface area is 86.8 Å². The first-order valence-corrected chi connectivity index (χ1v) is 5.12. The van der Waals surface area contributed by atoms with Crippen LogP contribution < -0.4 is 5.32 Å². The summed E-state index contributed by atoms with van der Waals surface area (Å²) in [4.78, 5) is 4.31. The number of aromatic nitrogens is 1. The second kappa shape index (κ2) is 4.09. The summed E-state index contributed by atoms with van der Waals surface area (Å²) in [6.45, 7) is 10.7. The van der Waals surface area contributed by atoms with Gasteiger partial charge in [0.05, 0.1) is 0 Å². The van der Waals surface area contributed by atoms with E-state index in [9.17, 15) is 0 Å². The molecule has 0 unspecified atom stereocenters. The molecule has 0 aliphatic carbocycles. The van der Waals surface area contributed by atoms with Crippen LogP contribution in [-0.2, 0) is 5.54 Å². The first-order valence-electron chi connectivity index (χ1n) is 5.12. The van der Waals surface area contributed by atoms with Gasteiger partial charge in [0.25, 0.3) is 0 Å². The van der Waals surface area contributed by atoms with E-state index in [1.807, 2.05) is 13.1 Å². The zero-order chi connectivity index (χ0) is 10.8. The molecule has 0 spiro atoms. The lowest BCUT2D eigenvalue weighted by atomic mass is 9.95. The van der Waals surface area contributed by atoms with E-state index >= 15 is 0 Å². The van der Waals surface area contributed by atoms with E-state index in [4.69, 9.17) is 0 Å². The highest BCUT2D eigenvalue weighted by atomic mass is 15.0. The molecule has 0 aliphatic heterocycles. The number of nitrogens with one attached hydrogen (secondary N) is 1. The minimum atomic E-state index is -0.00509. The minimum absolute atomic E-state index is 0.00509. The summed E-state index contributed by atoms with van der Waals surface area (Å²) in [5.41, 5.74) is 2.29. The fourth-order valence-corrected chi connectivity index (χ4v) is 1.64. The van der Waals surface area contributed by atoms with Crippen LogP contribution in [0.5, 0.6) is 0 Å². The van der Waals surface area contributed by atoms with E-state index in [2.05, 4.69) is 50.1 Å². The van der Waals surface area contributed by atoms with Gasteiger partial charge in [-0.15, -0.1) is 0 Å². The number of aryl methyl sites for hydroxylation is 1. The summed E-state index contributed by atoms with van der Waals surface area (Å²) in [5, 5.41) is 3.51. The van der Waals surface area contributed by atoms with Crippen molar-refractivity contribution in [1.29, 1.82) is 0 Å².